The molecule has 2 aromatic rings. The summed E-state index contributed by atoms with van der Waals surface area (Å²) in [6.07, 6.45) is 6.45. The van der Waals surface area contributed by atoms with Gasteiger partial charge in [0, 0.05) is 18.9 Å². The first-order valence-corrected chi connectivity index (χ1v) is 5.72. The number of fused-ring (bicyclic) bond motifs is 1. The summed E-state index contributed by atoms with van der Waals surface area (Å²) in [7, 11) is 0. The molecule has 16 heavy (non-hydrogen) atoms. The number of nitrogens with zero attached hydrogens (tertiary/aromatic N) is 4. The molecule has 3 heterocycles. The van der Waals surface area contributed by atoms with E-state index < -0.39 is 0 Å². The second-order valence-electron chi connectivity index (χ2n) is 4.33. The fourth-order valence-corrected chi connectivity index (χ4v) is 2.25. The van der Waals surface area contributed by atoms with Crippen molar-refractivity contribution >= 4 is 5.78 Å². The highest BCUT2D eigenvalue weighted by Crippen LogP contribution is 2.22. The molecule has 3 rings (SSSR count). The van der Waals surface area contributed by atoms with Crippen LogP contribution >= 0.6 is 0 Å². The zero-order valence-electron chi connectivity index (χ0n) is 9.35. The molecule has 0 amide bonds. The van der Waals surface area contributed by atoms with E-state index in [1.54, 1.807) is 4.52 Å². The first-order chi connectivity index (χ1) is 7.83. The third kappa shape index (κ3) is 1.67. The maximum absolute atomic E-state index is 4.34. The lowest BCUT2D eigenvalue weighted by molar-refractivity contribution is 0.459. The summed E-state index contributed by atoms with van der Waals surface area (Å²) in [6, 6.07) is 0. The fraction of sp³-hybridized carbons (Fsp3) is 0.545. The van der Waals surface area contributed by atoms with Crippen LogP contribution < -0.4 is 5.32 Å². The number of nitrogens with one attached hydrogen (secondary N) is 1. The van der Waals surface area contributed by atoms with Crippen LogP contribution in [0.1, 0.15) is 30.1 Å². The minimum atomic E-state index is 0.565. The van der Waals surface area contributed by atoms with Crippen molar-refractivity contribution in [3.05, 3.63) is 23.8 Å². The van der Waals surface area contributed by atoms with Crippen LogP contribution in [0.15, 0.2) is 12.4 Å². The summed E-state index contributed by atoms with van der Waals surface area (Å²) in [5.74, 6) is 2.02. The summed E-state index contributed by atoms with van der Waals surface area (Å²) in [5.41, 5.74) is 1.25. The van der Waals surface area contributed by atoms with Crippen molar-refractivity contribution in [2.45, 2.75) is 25.7 Å². The summed E-state index contributed by atoms with van der Waals surface area (Å²) in [4.78, 5) is 8.56. The van der Waals surface area contributed by atoms with E-state index in [4.69, 9.17) is 0 Å². The Morgan fingerprint density at radius 2 is 2.44 bits per heavy atom. The van der Waals surface area contributed by atoms with Gasteiger partial charge in [-0.3, -0.25) is 0 Å². The largest absolute Gasteiger partial charge is 0.316 e. The van der Waals surface area contributed by atoms with Gasteiger partial charge in [0.05, 0.1) is 0 Å². The van der Waals surface area contributed by atoms with Gasteiger partial charge in [0.1, 0.15) is 5.82 Å². The molecule has 84 valence electrons. The molecule has 1 N–H and O–H groups in total. The molecule has 1 atom stereocenters. The van der Waals surface area contributed by atoms with Crippen molar-refractivity contribution in [3.63, 3.8) is 0 Å². The molecule has 0 saturated carbocycles. The Morgan fingerprint density at radius 1 is 1.50 bits per heavy atom. The van der Waals surface area contributed by atoms with Crippen LogP contribution in [-0.4, -0.2) is 32.7 Å². The lowest BCUT2D eigenvalue weighted by Gasteiger charge is -2.22. The third-order valence-corrected chi connectivity index (χ3v) is 3.09. The molecule has 5 nitrogen and oxygen atoms in total. The van der Waals surface area contributed by atoms with Crippen LogP contribution in [0.3, 0.4) is 0 Å². The highest BCUT2D eigenvalue weighted by molar-refractivity contribution is 5.28. The predicted octanol–water partition coefficient (Wildman–Crippen LogP) is 0.900. The Labute approximate surface area is 93.9 Å². The Hall–Kier alpha value is -1.49. The number of piperidine rings is 1. The fourth-order valence-electron chi connectivity index (χ4n) is 2.25. The minimum Gasteiger partial charge on any atom is -0.316 e. The molecule has 5 heteroatoms. The minimum absolute atomic E-state index is 0.565. The van der Waals surface area contributed by atoms with E-state index in [1.165, 1.54) is 18.4 Å². The van der Waals surface area contributed by atoms with Crippen LogP contribution in [0.2, 0.25) is 0 Å². The topological polar surface area (TPSA) is 55.1 Å². The summed E-state index contributed by atoms with van der Waals surface area (Å²) in [5, 5.41) is 7.70. The van der Waals surface area contributed by atoms with E-state index in [9.17, 15) is 0 Å². The van der Waals surface area contributed by atoms with Gasteiger partial charge in [0.2, 0.25) is 0 Å². The van der Waals surface area contributed by atoms with Gasteiger partial charge in [0.15, 0.2) is 0 Å². The monoisotopic (exact) mass is 217 g/mol. The smallest absolute Gasteiger partial charge is 0.252 e. The van der Waals surface area contributed by atoms with E-state index in [2.05, 4.69) is 26.6 Å². The van der Waals surface area contributed by atoms with E-state index in [0.29, 0.717) is 11.7 Å². The SMILES string of the molecule is Cc1nc2ncc(C3CCCNC3)cn2n1. The van der Waals surface area contributed by atoms with Gasteiger partial charge in [0.25, 0.3) is 5.78 Å². The van der Waals surface area contributed by atoms with Crippen LogP contribution in [-0.2, 0) is 0 Å². The van der Waals surface area contributed by atoms with Gasteiger partial charge >= 0.3 is 0 Å². The number of rotatable bonds is 1. The normalized spacial score (nSPS) is 21.4. The molecule has 0 aromatic carbocycles. The molecular weight excluding hydrogens is 202 g/mol. The quantitative estimate of drug-likeness (QED) is 0.771. The molecule has 1 aliphatic heterocycles. The Balaban J connectivity index is 1.97. The lowest BCUT2D eigenvalue weighted by atomic mass is 9.94. The van der Waals surface area contributed by atoms with Gasteiger partial charge in [-0.05, 0) is 37.8 Å². The van der Waals surface area contributed by atoms with Gasteiger partial charge < -0.3 is 5.32 Å². The molecule has 1 fully saturated rings. The van der Waals surface area contributed by atoms with Gasteiger partial charge in [-0.2, -0.15) is 10.1 Å². The van der Waals surface area contributed by atoms with Crippen molar-refractivity contribution in [2.75, 3.05) is 13.1 Å². The molecule has 0 bridgehead atoms. The predicted molar refractivity (Wildman–Crippen MR) is 60.4 cm³/mol. The van der Waals surface area contributed by atoms with Crippen molar-refractivity contribution in [2.24, 2.45) is 0 Å². The molecular formula is C11H15N5. The molecule has 1 saturated heterocycles. The summed E-state index contributed by atoms with van der Waals surface area (Å²) in [6.45, 7) is 4.06. The standard InChI is InChI=1S/C11H15N5/c1-8-14-11-13-6-10(7-16(11)15-8)9-3-2-4-12-5-9/h6-7,9,12H,2-5H2,1H3. The second kappa shape index (κ2) is 3.83. The van der Waals surface area contributed by atoms with Crippen molar-refractivity contribution in [3.8, 4) is 0 Å². The van der Waals surface area contributed by atoms with Gasteiger partial charge in [-0.1, -0.05) is 0 Å². The number of hydrogen-bond acceptors (Lipinski definition) is 4. The molecule has 0 radical (unpaired) electrons. The van der Waals surface area contributed by atoms with Crippen LogP contribution in [0, 0.1) is 6.92 Å². The highest BCUT2D eigenvalue weighted by Gasteiger charge is 2.16. The zero-order chi connectivity index (χ0) is 11.0. The molecule has 1 aliphatic rings. The number of hydrogen-bond donors (Lipinski definition) is 1. The average Bonchev–Trinajstić information content (AvgIpc) is 2.69. The van der Waals surface area contributed by atoms with E-state index in [0.717, 1.165) is 18.9 Å². The van der Waals surface area contributed by atoms with Crippen LogP contribution in [0.4, 0.5) is 0 Å². The average molecular weight is 217 g/mol. The van der Waals surface area contributed by atoms with Gasteiger partial charge in [-0.25, -0.2) is 9.50 Å². The molecule has 0 spiro atoms. The molecule has 0 aliphatic carbocycles. The summed E-state index contributed by atoms with van der Waals surface area (Å²) < 4.78 is 1.78. The maximum atomic E-state index is 4.34. The van der Waals surface area contributed by atoms with E-state index in [1.807, 2.05) is 13.1 Å². The second-order valence-corrected chi connectivity index (χ2v) is 4.33. The third-order valence-electron chi connectivity index (χ3n) is 3.09. The number of aryl methyl sites for hydroxylation is 1. The first kappa shape index (κ1) is 9.72. The molecule has 2 aromatic heterocycles. The van der Waals surface area contributed by atoms with Crippen LogP contribution in [0.5, 0.6) is 0 Å². The molecule has 1 unspecified atom stereocenters. The van der Waals surface area contributed by atoms with E-state index in [-0.39, 0.29) is 0 Å². The Kier molecular flexibility index (Phi) is 2.32. The Bertz CT molecular complexity index is 498. The van der Waals surface area contributed by atoms with Crippen LogP contribution in [0.25, 0.3) is 5.78 Å². The van der Waals surface area contributed by atoms with Crippen molar-refractivity contribution < 1.29 is 0 Å². The first-order valence-electron chi connectivity index (χ1n) is 5.72. The van der Waals surface area contributed by atoms with Crippen molar-refractivity contribution in [1.29, 1.82) is 0 Å². The number of aromatic nitrogens is 4. The Morgan fingerprint density at radius 3 is 3.25 bits per heavy atom. The van der Waals surface area contributed by atoms with Gasteiger partial charge in [-0.15, -0.1) is 0 Å². The maximum Gasteiger partial charge on any atom is 0.252 e. The van der Waals surface area contributed by atoms with E-state index >= 15 is 0 Å². The zero-order valence-corrected chi connectivity index (χ0v) is 9.35. The lowest BCUT2D eigenvalue weighted by Crippen LogP contribution is -2.28. The summed E-state index contributed by atoms with van der Waals surface area (Å²) >= 11 is 0. The van der Waals surface area contributed by atoms with Crippen molar-refractivity contribution in [1.82, 2.24) is 24.9 Å². The highest BCUT2D eigenvalue weighted by atomic mass is 15.3.